The van der Waals surface area contributed by atoms with Crippen molar-refractivity contribution in [1.29, 1.82) is 0 Å². The first-order valence-electron chi connectivity index (χ1n) is 6.96. The van der Waals surface area contributed by atoms with Gasteiger partial charge in [-0.05, 0) is 26.3 Å². The fraction of sp³-hybridized carbons (Fsp3) is 0.353. The van der Waals surface area contributed by atoms with E-state index in [-0.39, 0.29) is 5.43 Å². The molecule has 4 heteroatoms. The van der Waals surface area contributed by atoms with Gasteiger partial charge in [0, 0.05) is 12.3 Å². The van der Waals surface area contributed by atoms with E-state index in [1.165, 1.54) is 6.07 Å². The van der Waals surface area contributed by atoms with Crippen LogP contribution >= 0.6 is 0 Å². The summed E-state index contributed by atoms with van der Waals surface area (Å²) in [6.07, 6.45) is 1.69. The average molecular weight is 287 g/mol. The number of aliphatic hydroxyl groups is 1. The highest BCUT2D eigenvalue weighted by atomic mass is 16.5. The summed E-state index contributed by atoms with van der Waals surface area (Å²) >= 11 is 0. The molecule has 0 aliphatic rings. The maximum Gasteiger partial charge on any atom is 0.223 e. The lowest BCUT2D eigenvalue weighted by molar-refractivity contribution is 0.0604. The third-order valence-corrected chi connectivity index (χ3v) is 3.17. The number of hydrogen-bond acceptors (Lipinski definition) is 3. The molecule has 0 radical (unpaired) electrons. The topological polar surface area (TPSA) is 51.5 Å². The molecule has 0 fully saturated rings. The van der Waals surface area contributed by atoms with E-state index in [1.54, 1.807) is 20.0 Å². The van der Waals surface area contributed by atoms with Gasteiger partial charge in [0.2, 0.25) is 5.43 Å². The fourth-order valence-corrected chi connectivity index (χ4v) is 2.15. The molecule has 1 heterocycles. The van der Waals surface area contributed by atoms with E-state index < -0.39 is 5.60 Å². The van der Waals surface area contributed by atoms with Crippen LogP contribution in [0.4, 0.5) is 0 Å². The van der Waals surface area contributed by atoms with Crippen molar-refractivity contribution in [3.63, 3.8) is 0 Å². The molecule has 0 aliphatic heterocycles. The second-order valence-corrected chi connectivity index (χ2v) is 5.81. The third-order valence-electron chi connectivity index (χ3n) is 3.17. The molecule has 0 saturated carbocycles. The summed E-state index contributed by atoms with van der Waals surface area (Å²) in [6.45, 7) is 6.04. The van der Waals surface area contributed by atoms with E-state index in [1.807, 2.05) is 41.8 Å². The summed E-state index contributed by atoms with van der Waals surface area (Å²) < 4.78 is 7.53. The zero-order chi connectivity index (χ0) is 15.5. The first kappa shape index (κ1) is 15.3. The summed E-state index contributed by atoms with van der Waals surface area (Å²) in [4.78, 5) is 12.0. The number of pyridine rings is 1. The lowest BCUT2D eigenvalue weighted by Gasteiger charge is -2.22. The molecule has 0 unspecified atom stereocenters. The Morgan fingerprint density at radius 1 is 1.19 bits per heavy atom. The van der Waals surface area contributed by atoms with Crippen molar-refractivity contribution >= 4 is 0 Å². The summed E-state index contributed by atoms with van der Waals surface area (Å²) in [5, 5.41) is 9.92. The Morgan fingerprint density at radius 2 is 1.86 bits per heavy atom. The zero-order valence-corrected chi connectivity index (χ0v) is 12.7. The largest absolute Gasteiger partial charge is 0.483 e. The van der Waals surface area contributed by atoms with Crippen LogP contribution in [0.3, 0.4) is 0 Å². The van der Waals surface area contributed by atoms with Gasteiger partial charge in [-0.25, -0.2) is 0 Å². The molecule has 0 bridgehead atoms. The van der Waals surface area contributed by atoms with E-state index in [0.29, 0.717) is 18.9 Å². The van der Waals surface area contributed by atoms with Crippen LogP contribution in [0.1, 0.15) is 25.1 Å². The molecule has 0 amide bonds. The summed E-state index contributed by atoms with van der Waals surface area (Å²) in [5.41, 5.74) is 0.737. The molecule has 1 aromatic heterocycles. The molecule has 1 aromatic carbocycles. The molecule has 112 valence electrons. The molecule has 0 atom stereocenters. The molecule has 2 rings (SSSR count). The smallest absolute Gasteiger partial charge is 0.223 e. The van der Waals surface area contributed by atoms with E-state index in [2.05, 4.69) is 0 Å². The quantitative estimate of drug-likeness (QED) is 0.919. The first-order chi connectivity index (χ1) is 9.87. The van der Waals surface area contributed by atoms with Gasteiger partial charge in [-0.1, -0.05) is 30.3 Å². The van der Waals surface area contributed by atoms with Gasteiger partial charge >= 0.3 is 0 Å². The zero-order valence-electron chi connectivity index (χ0n) is 12.7. The molecule has 0 saturated heterocycles. The van der Waals surface area contributed by atoms with Crippen LogP contribution in [0.2, 0.25) is 0 Å². The van der Waals surface area contributed by atoms with Crippen molar-refractivity contribution in [3.8, 4) is 5.75 Å². The number of rotatable bonds is 5. The number of ether oxygens (including phenoxy) is 1. The van der Waals surface area contributed by atoms with E-state index in [9.17, 15) is 9.90 Å². The molecular weight excluding hydrogens is 266 g/mol. The van der Waals surface area contributed by atoms with Gasteiger partial charge in [-0.3, -0.25) is 4.79 Å². The van der Waals surface area contributed by atoms with E-state index in [0.717, 1.165) is 11.3 Å². The van der Waals surface area contributed by atoms with Crippen LogP contribution < -0.4 is 10.2 Å². The highest BCUT2D eigenvalue weighted by molar-refractivity contribution is 5.28. The van der Waals surface area contributed by atoms with Crippen LogP contribution in [0.25, 0.3) is 0 Å². The van der Waals surface area contributed by atoms with E-state index >= 15 is 0 Å². The SMILES string of the molecule is Cc1c(OCc2ccccc2)c(=O)ccn1CC(C)(C)O. The monoisotopic (exact) mass is 287 g/mol. The molecule has 0 spiro atoms. The predicted octanol–water partition coefficient (Wildman–Crippen LogP) is 2.51. The van der Waals surface area contributed by atoms with Crippen molar-refractivity contribution in [2.75, 3.05) is 0 Å². The molecule has 1 N–H and O–H groups in total. The Morgan fingerprint density at radius 3 is 2.48 bits per heavy atom. The van der Waals surface area contributed by atoms with Crippen molar-refractivity contribution < 1.29 is 9.84 Å². The van der Waals surface area contributed by atoms with Gasteiger partial charge in [-0.15, -0.1) is 0 Å². The minimum atomic E-state index is -0.851. The van der Waals surface area contributed by atoms with Crippen LogP contribution in [-0.4, -0.2) is 15.3 Å². The van der Waals surface area contributed by atoms with Gasteiger partial charge in [0.05, 0.1) is 17.8 Å². The summed E-state index contributed by atoms with van der Waals surface area (Å²) in [6, 6.07) is 11.2. The molecular formula is C17H21NO3. The average Bonchev–Trinajstić information content (AvgIpc) is 2.42. The minimum absolute atomic E-state index is 0.143. The van der Waals surface area contributed by atoms with Gasteiger partial charge < -0.3 is 14.4 Å². The van der Waals surface area contributed by atoms with Crippen LogP contribution in [0.15, 0.2) is 47.4 Å². The Hall–Kier alpha value is -2.07. The summed E-state index contributed by atoms with van der Waals surface area (Å²) in [7, 11) is 0. The van der Waals surface area contributed by atoms with Crippen molar-refractivity contribution in [1.82, 2.24) is 4.57 Å². The van der Waals surface area contributed by atoms with Crippen LogP contribution in [-0.2, 0) is 13.2 Å². The number of hydrogen-bond donors (Lipinski definition) is 1. The van der Waals surface area contributed by atoms with E-state index in [4.69, 9.17) is 4.74 Å². The minimum Gasteiger partial charge on any atom is -0.483 e. The molecule has 21 heavy (non-hydrogen) atoms. The van der Waals surface area contributed by atoms with Gasteiger partial charge in [-0.2, -0.15) is 0 Å². The second kappa shape index (κ2) is 6.14. The lowest BCUT2D eigenvalue weighted by atomic mass is 10.1. The highest BCUT2D eigenvalue weighted by Gasteiger charge is 2.16. The van der Waals surface area contributed by atoms with Crippen LogP contribution in [0, 0.1) is 6.92 Å². The predicted molar refractivity (Wildman–Crippen MR) is 82.5 cm³/mol. The fourth-order valence-electron chi connectivity index (χ4n) is 2.15. The molecule has 0 aliphatic carbocycles. The van der Waals surface area contributed by atoms with Gasteiger partial charge in [0.1, 0.15) is 6.61 Å². The second-order valence-electron chi connectivity index (χ2n) is 5.81. The highest BCUT2D eigenvalue weighted by Crippen LogP contribution is 2.16. The summed E-state index contributed by atoms with van der Waals surface area (Å²) in [5.74, 6) is 0.339. The standard InChI is InChI=1S/C17H21NO3/c1-13-16(21-11-14-7-5-4-6-8-14)15(19)9-10-18(13)12-17(2,3)20/h4-10,20H,11-12H2,1-3H3. The van der Waals surface area contributed by atoms with Crippen molar-refractivity contribution in [2.24, 2.45) is 0 Å². The van der Waals surface area contributed by atoms with Crippen LogP contribution in [0.5, 0.6) is 5.75 Å². The van der Waals surface area contributed by atoms with Crippen molar-refractivity contribution in [2.45, 2.75) is 39.5 Å². The van der Waals surface area contributed by atoms with Gasteiger partial charge in [0.25, 0.3) is 0 Å². The normalized spacial score (nSPS) is 11.4. The third kappa shape index (κ3) is 4.20. The molecule has 4 nitrogen and oxygen atoms in total. The Balaban J connectivity index is 2.22. The molecule has 2 aromatic rings. The Kier molecular flexibility index (Phi) is 4.48. The first-order valence-corrected chi connectivity index (χ1v) is 6.96. The Labute approximate surface area is 124 Å². The maximum atomic E-state index is 12.0. The number of aromatic nitrogens is 1. The van der Waals surface area contributed by atoms with Crippen molar-refractivity contribution in [3.05, 3.63) is 64.1 Å². The Bertz CT molecular complexity index is 654. The lowest BCUT2D eigenvalue weighted by Crippen LogP contribution is -2.28. The number of benzene rings is 1. The maximum absolute atomic E-state index is 12.0. The van der Waals surface area contributed by atoms with Gasteiger partial charge in [0.15, 0.2) is 5.75 Å². The number of nitrogens with zero attached hydrogens (tertiary/aromatic N) is 1.